The van der Waals surface area contributed by atoms with Gasteiger partial charge in [-0.25, -0.2) is 4.98 Å². The molecule has 0 aliphatic carbocycles. The molecule has 208 valence electrons. The quantitative estimate of drug-likeness (QED) is 0.264. The maximum atomic E-state index is 12.8. The average molecular weight is 537 g/mol. The largest absolute Gasteiger partial charge is 0.439 e. The summed E-state index contributed by atoms with van der Waals surface area (Å²) in [7, 11) is 0. The lowest BCUT2D eigenvalue weighted by Crippen LogP contribution is -2.48. The molecule has 0 saturated carbocycles. The SMILES string of the molecule is CCc1ccc(-c2nc(CN3CCN(CC(=O)Nc4c(C)cccc4C)CC3)oc2-c2ccc(CC)cc2)cc1. The van der Waals surface area contributed by atoms with Gasteiger partial charge in [-0.3, -0.25) is 14.6 Å². The van der Waals surface area contributed by atoms with Crippen LogP contribution in [-0.4, -0.2) is 53.4 Å². The average Bonchev–Trinajstić information content (AvgIpc) is 3.40. The van der Waals surface area contributed by atoms with E-state index in [-0.39, 0.29) is 5.91 Å². The van der Waals surface area contributed by atoms with Crippen molar-refractivity contribution in [3.63, 3.8) is 0 Å². The standard InChI is InChI=1S/C34H40N4O2/c1-5-26-10-14-28(15-11-26)33-34(29-16-12-27(6-2)13-17-29)40-31(36-33)23-38-20-18-37(19-21-38)22-30(39)35-32-24(3)8-7-9-25(32)4/h7-17H,5-6,18-23H2,1-4H3,(H,35,39). The fourth-order valence-electron chi connectivity index (χ4n) is 5.30. The molecule has 3 aromatic carbocycles. The highest BCUT2D eigenvalue weighted by Gasteiger charge is 2.23. The van der Waals surface area contributed by atoms with Gasteiger partial charge in [0, 0.05) is 43.0 Å². The maximum Gasteiger partial charge on any atom is 0.238 e. The summed E-state index contributed by atoms with van der Waals surface area (Å²) in [6.07, 6.45) is 2.02. The Kier molecular flexibility index (Phi) is 8.78. The van der Waals surface area contributed by atoms with Crippen molar-refractivity contribution in [1.82, 2.24) is 14.8 Å². The molecule has 5 rings (SSSR count). The Morgan fingerprint density at radius 3 is 1.93 bits per heavy atom. The first kappa shape index (κ1) is 27.8. The topological polar surface area (TPSA) is 61.6 Å². The van der Waals surface area contributed by atoms with Gasteiger partial charge in [-0.05, 0) is 48.9 Å². The molecule has 4 aromatic rings. The number of para-hydroxylation sites is 1. The molecule has 0 bridgehead atoms. The highest BCUT2D eigenvalue weighted by Crippen LogP contribution is 2.33. The molecule has 1 fully saturated rings. The number of hydrogen-bond acceptors (Lipinski definition) is 5. The first-order valence-corrected chi connectivity index (χ1v) is 14.4. The number of nitrogens with zero attached hydrogens (tertiary/aromatic N) is 3. The van der Waals surface area contributed by atoms with Gasteiger partial charge in [-0.2, -0.15) is 0 Å². The summed E-state index contributed by atoms with van der Waals surface area (Å²) in [6.45, 7) is 12.8. The van der Waals surface area contributed by atoms with Crippen LogP contribution in [0, 0.1) is 13.8 Å². The molecule has 1 aliphatic heterocycles. The van der Waals surface area contributed by atoms with Gasteiger partial charge in [0.25, 0.3) is 0 Å². The third-order valence-corrected chi connectivity index (χ3v) is 7.87. The van der Waals surface area contributed by atoms with Crippen molar-refractivity contribution in [2.75, 3.05) is 38.0 Å². The molecule has 40 heavy (non-hydrogen) atoms. The Bertz CT molecular complexity index is 1350. The number of amides is 1. The van der Waals surface area contributed by atoms with Crippen LogP contribution in [0.5, 0.6) is 0 Å². The van der Waals surface area contributed by atoms with Gasteiger partial charge in [0.05, 0.1) is 13.1 Å². The third-order valence-electron chi connectivity index (χ3n) is 7.87. The second-order valence-corrected chi connectivity index (χ2v) is 10.8. The molecule has 0 unspecified atom stereocenters. The molecule has 1 amide bonds. The van der Waals surface area contributed by atoms with Crippen LogP contribution in [0.4, 0.5) is 5.69 Å². The lowest BCUT2D eigenvalue weighted by Gasteiger charge is -2.33. The minimum Gasteiger partial charge on any atom is -0.439 e. The van der Waals surface area contributed by atoms with Crippen molar-refractivity contribution in [2.45, 2.75) is 47.1 Å². The van der Waals surface area contributed by atoms with E-state index in [1.165, 1.54) is 11.1 Å². The molecule has 1 N–H and O–H groups in total. The highest BCUT2D eigenvalue weighted by atomic mass is 16.4. The van der Waals surface area contributed by atoms with Crippen molar-refractivity contribution in [3.8, 4) is 22.6 Å². The molecule has 6 nitrogen and oxygen atoms in total. The zero-order valence-corrected chi connectivity index (χ0v) is 24.2. The van der Waals surface area contributed by atoms with Crippen LogP contribution in [-0.2, 0) is 24.2 Å². The molecule has 1 aliphatic rings. The third kappa shape index (κ3) is 6.52. The second kappa shape index (κ2) is 12.6. The first-order valence-electron chi connectivity index (χ1n) is 14.4. The fraction of sp³-hybridized carbons (Fsp3) is 0.353. The van der Waals surface area contributed by atoms with Gasteiger partial charge in [-0.1, -0.05) is 80.6 Å². The van der Waals surface area contributed by atoms with Crippen LogP contribution < -0.4 is 5.32 Å². The number of aryl methyl sites for hydroxylation is 4. The van der Waals surface area contributed by atoms with Gasteiger partial charge >= 0.3 is 0 Å². The van der Waals surface area contributed by atoms with Gasteiger partial charge in [0.1, 0.15) is 5.69 Å². The second-order valence-electron chi connectivity index (χ2n) is 10.8. The number of anilines is 1. The Labute approximate surface area is 238 Å². The fourth-order valence-corrected chi connectivity index (χ4v) is 5.30. The van der Waals surface area contributed by atoms with E-state index in [0.717, 1.165) is 84.3 Å². The van der Waals surface area contributed by atoms with E-state index < -0.39 is 0 Å². The van der Waals surface area contributed by atoms with E-state index >= 15 is 0 Å². The van der Waals surface area contributed by atoms with Crippen molar-refractivity contribution >= 4 is 11.6 Å². The molecule has 1 aromatic heterocycles. The number of benzene rings is 3. The van der Waals surface area contributed by atoms with E-state index in [2.05, 4.69) is 77.5 Å². The number of carbonyl (C=O) groups is 1. The first-order chi connectivity index (χ1) is 19.4. The Hall–Kier alpha value is -3.74. The van der Waals surface area contributed by atoms with E-state index in [0.29, 0.717) is 13.1 Å². The van der Waals surface area contributed by atoms with Gasteiger partial charge in [0.2, 0.25) is 11.8 Å². The number of piperazine rings is 1. The van der Waals surface area contributed by atoms with Crippen LogP contribution in [0.25, 0.3) is 22.6 Å². The molecule has 6 heteroatoms. The van der Waals surface area contributed by atoms with Gasteiger partial charge in [0.15, 0.2) is 5.76 Å². The minimum absolute atomic E-state index is 0.0380. The normalized spacial score (nSPS) is 14.4. The monoisotopic (exact) mass is 536 g/mol. The van der Waals surface area contributed by atoms with Crippen LogP contribution in [0.15, 0.2) is 71.1 Å². The van der Waals surface area contributed by atoms with Crippen molar-refractivity contribution in [2.24, 2.45) is 0 Å². The smallest absolute Gasteiger partial charge is 0.238 e. The molecule has 0 radical (unpaired) electrons. The zero-order chi connectivity index (χ0) is 28.1. The Balaban J connectivity index is 1.25. The number of nitrogens with one attached hydrogen (secondary N) is 1. The van der Waals surface area contributed by atoms with Crippen LogP contribution >= 0.6 is 0 Å². The maximum absolute atomic E-state index is 12.8. The highest BCUT2D eigenvalue weighted by molar-refractivity contribution is 5.93. The summed E-state index contributed by atoms with van der Waals surface area (Å²) >= 11 is 0. The molecule has 0 spiro atoms. The predicted molar refractivity (Wildman–Crippen MR) is 162 cm³/mol. The summed E-state index contributed by atoms with van der Waals surface area (Å²) in [5.41, 5.74) is 8.72. The summed E-state index contributed by atoms with van der Waals surface area (Å²) in [4.78, 5) is 22.3. The van der Waals surface area contributed by atoms with E-state index in [1.54, 1.807) is 0 Å². The number of rotatable bonds is 9. The predicted octanol–water partition coefficient (Wildman–Crippen LogP) is 6.51. The Morgan fingerprint density at radius 2 is 1.35 bits per heavy atom. The van der Waals surface area contributed by atoms with Gasteiger partial charge in [-0.15, -0.1) is 0 Å². The van der Waals surface area contributed by atoms with Crippen molar-refractivity contribution in [1.29, 1.82) is 0 Å². The van der Waals surface area contributed by atoms with E-state index in [9.17, 15) is 4.79 Å². The van der Waals surface area contributed by atoms with E-state index in [1.807, 2.05) is 32.0 Å². The van der Waals surface area contributed by atoms with Crippen molar-refractivity contribution < 1.29 is 9.21 Å². The lowest BCUT2D eigenvalue weighted by molar-refractivity contribution is -0.117. The molecular weight excluding hydrogens is 496 g/mol. The lowest BCUT2D eigenvalue weighted by atomic mass is 10.0. The number of hydrogen-bond donors (Lipinski definition) is 1. The summed E-state index contributed by atoms with van der Waals surface area (Å²) in [5, 5.41) is 3.11. The van der Waals surface area contributed by atoms with Crippen LogP contribution in [0.3, 0.4) is 0 Å². The van der Waals surface area contributed by atoms with Crippen LogP contribution in [0.1, 0.15) is 42.0 Å². The molecule has 1 saturated heterocycles. The van der Waals surface area contributed by atoms with Gasteiger partial charge < -0.3 is 9.73 Å². The van der Waals surface area contributed by atoms with Crippen LogP contribution in [0.2, 0.25) is 0 Å². The van der Waals surface area contributed by atoms with Crippen molar-refractivity contribution in [3.05, 3.63) is 94.9 Å². The zero-order valence-electron chi connectivity index (χ0n) is 24.2. The minimum atomic E-state index is 0.0380. The molecule has 0 atom stereocenters. The summed E-state index contributed by atoms with van der Waals surface area (Å²) in [5.74, 6) is 1.59. The van der Waals surface area contributed by atoms with E-state index in [4.69, 9.17) is 9.40 Å². The molecular formula is C34H40N4O2. The number of aromatic nitrogens is 1. The summed E-state index contributed by atoms with van der Waals surface area (Å²) in [6, 6.07) is 23.3. The summed E-state index contributed by atoms with van der Waals surface area (Å²) < 4.78 is 6.44. The number of oxazole rings is 1. The molecule has 2 heterocycles. The Morgan fingerprint density at radius 1 is 0.800 bits per heavy atom. The number of carbonyl (C=O) groups excluding carboxylic acids is 1.